The van der Waals surface area contributed by atoms with E-state index in [0.717, 1.165) is 21.8 Å². The summed E-state index contributed by atoms with van der Waals surface area (Å²) < 4.78 is 1.72. The van der Waals surface area contributed by atoms with Crippen molar-refractivity contribution in [2.24, 2.45) is 5.92 Å². The molecule has 1 N–H and O–H groups in total. The SMILES string of the molecule is CC(O)C1CCN(C(=O)c2cc(Br)ccc2Br)CC1. The molecule has 104 valence electrons. The molecule has 0 saturated carbocycles. The third kappa shape index (κ3) is 3.58. The highest BCUT2D eigenvalue weighted by atomic mass is 79.9. The first-order chi connectivity index (χ1) is 8.99. The number of piperidine rings is 1. The average Bonchev–Trinajstić information content (AvgIpc) is 2.41. The van der Waals surface area contributed by atoms with Crippen LogP contribution < -0.4 is 0 Å². The Morgan fingerprint density at radius 2 is 2.00 bits per heavy atom. The smallest absolute Gasteiger partial charge is 0.255 e. The van der Waals surface area contributed by atoms with Gasteiger partial charge in [-0.1, -0.05) is 15.9 Å². The maximum absolute atomic E-state index is 12.5. The summed E-state index contributed by atoms with van der Waals surface area (Å²) in [6.07, 6.45) is 1.46. The van der Waals surface area contributed by atoms with Crippen LogP contribution in [0.2, 0.25) is 0 Å². The Morgan fingerprint density at radius 1 is 1.37 bits per heavy atom. The Labute approximate surface area is 130 Å². The molecular formula is C14H17Br2NO2. The molecule has 1 saturated heterocycles. The molecule has 1 aromatic carbocycles. The lowest BCUT2D eigenvalue weighted by Crippen LogP contribution is -2.40. The number of aliphatic hydroxyl groups is 1. The van der Waals surface area contributed by atoms with E-state index in [0.29, 0.717) is 24.6 Å². The topological polar surface area (TPSA) is 40.5 Å². The molecule has 1 aliphatic rings. The van der Waals surface area contributed by atoms with E-state index in [9.17, 15) is 9.90 Å². The van der Waals surface area contributed by atoms with E-state index in [-0.39, 0.29) is 12.0 Å². The molecule has 0 radical (unpaired) electrons. The molecule has 1 unspecified atom stereocenters. The van der Waals surface area contributed by atoms with Crippen LogP contribution in [-0.2, 0) is 0 Å². The van der Waals surface area contributed by atoms with Crippen LogP contribution in [0.1, 0.15) is 30.1 Å². The zero-order chi connectivity index (χ0) is 14.0. The maximum Gasteiger partial charge on any atom is 0.255 e. The molecule has 1 aliphatic heterocycles. The van der Waals surface area contributed by atoms with Crippen molar-refractivity contribution in [3.8, 4) is 0 Å². The Morgan fingerprint density at radius 3 is 2.58 bits per heavy atom. The van der Waals surface area contributed by atoms with Crippen molar-refractivity contribution in [2.75, 3.05) is 13.1 Å². The number of aliphatic hydroxyl groups excluding tert-OH is 1. The molecule has 19 heavy (non-hydrogen) atoms. The summed E-state index contributed by atoms with van der Waals surface area (Å²) in [6.45, 7) is 3.26. The summed E-state index contributed by atoms with van der Waals surface area (Å²) in [6, 6.07) is 5.62. The predicted octanol–water partition coefficient (Wildman–Crippen LogP) is 3.44. The van der Waals surface area contributed by atoms with Crippen LogP contribution in [0, 0.1) is 5.92 Å². The Bertz CT molecular complexity index is 469. The van der Waals surface area contributed by atoms with Gasteiger partial charge in [0.2, 0.25) is 0 Å². The first kappa shape index (κ1) is 15.0. The fourth-order valence-electron chi connectivity index (χ4n) is 2.42. The molecule has 1 atom stereocenters. The lowest BCUT2D eigenvalue weighted by Gasteiger charge is -2.33. The monoisotopic (exact) mass is 389 g/mol. The summed E-state index contributed by atoms with van der Waals surface area (Å²) in [5.41, 5.74) is 0.685. The second-order valence-electron chi connectivity index (χ2n) is 4.99. The van der Waals surface area contributed by atoms with Gasteiger partial charge >= 0.3 is 0 Å². The van der Waals surface area contributed by atoms with Crippen LogP contribution >= 0.6 is 31.9 Å². The summed E-state index contributed by atoms with van der Waals surface area (Å²) in [5, 5.41) is 9.58. The van der Waals surface area contributed by atoms with E-state index in [4.69, 9.17) is 0 Å². The number of hydrogen-bond acceptors (Lipinski definition) is 2. The molecule has 0 aliphatic carbocycles. The lowest BCUT2D eigenvalue weighted by atomic mass is 9.92. The molecule has 0 aromatic heterocycles. The molecular weight excluding hydrogens is 374 g/mol. The van der Waals surface area contributed by atoms with E-state index in [1.54, 1.807) is 0 Å². The summed E-state index contributed by atoms with van der Waals surface area (Å²) >= 11 is 6.82. The van der Waals surface area contributed by atoms with Crippen LogP contribution in [-0.4, -0.2) is 35.1 Å². The van der Waals surface area contributed by atoms with Crippen LogP contribution in [0.5, 0.6) is 0 Å². The van der Waals surface area contributed by atoms with Crippen LogP contribution in [0.4, 0.5) is 0 Å². The van der Waals surface area contributed by atoms with Crippen molar-refractivity contribution in [3.05, 3.63) is 32.7 Å². The average molecular weight is 391 g/mol. The normalized spacial score (nSPS) is 18.4. The number of likely N-dealkylation sites (tertiary alicyclic amines) is 1. The van der Waals surface area contributed by atoms with Gasteiger partial charge in [0, 0.05) is 22.0 Å². The molecule has 1 heterocycles. The summed E-state index contributed by atoms with van der Waals surface area (Å²) in [7, 11) is 0. The minimum atomic E-state index is -0.283. The fourth-order valence-corrected chi connectivity index (χ4v) is 3.19. The highest BCUT2D eigenvalue weighted by Crippen LogP contribution is 2.26. The first-order valence-corrected chi connectivity index (χ1v) is 8.00. The van der Waals surface area contributed by atoms with Gasteiger partial charge in [0.1, 0.15) is 0 Å². The number of nitrogens with zero attached hydrogens (tertiary/aromatic N) is 1. The van der Waals surface area contributed by atoms with Crippen molar-refractivity contribution in [2.45, 2.75) is 25.9 Å². The van der Waals surface area contributed by atoms with Gasteiger partial charge in [0.05, 0.1) is 11.7 Å². The number of amides is 1. The molecule has 1 amide bonds. The fraction of sp³-hybridized carbons (Fsp3) is 0.500. The van der Waals surface area contributed by atoms with Crippen LogP contribution in [0.15, 0.2) is 27.1 Å². The molecule has 5 heteroatoms. The molecule has 0 spiro atoms. The minimum Gasteiger partial charge on any atom is -0.393 e. The number of benzene rings is 1. The van der Waals surface area contributed by atoms with Crippen molar-refractivity contribution in [3.63, 3.8) is 0 Å². The van der Waals surface area contributed by atoms with Gasteiger partial charge in [-0.15, -0.1) is 0 Å². The van der Waals surface area contributed by atoms with Gasteiger partial charge in [-0.25, -0.2) is 0 Å². The van der Waals surface area contributed by atoms with E-state index in [2.05, 4.69) is 31.9 Å². The number of carbonyl (C=O) groups excluding carboxylic acids is 1. The molecule has 1 fully saturated rings. The van der Waals surface area contributed by atoms with Crippen LogP contribution in [0.25, 0.3) is 0 Å². The van der Waals surface area contributed by atoms with E-state index in [1.165, 1.54) is 0 Å². The highest BCUT2D eigenvalue weighted by molar-refractivity contribution is 9.11. The first-order valence-electron chi connectivity index (χ1n) is 6.41. The quantitative estimate of drug-likeness (QED) is 0.840. The number of carbonyl (C=O) groups is 1. The molecule has 3 nitrogen and oxygen atoms in total. The number of rotatable bonds is 2. The van der Waals surface area contributed by atoms with Gasteiger partial charge < -0.3 is 10.0 Å². The third-order valence-electron chi connectivity index (χ3n) is 3.67. The second kappa shape index (κ2) is 6.37. The van der Waals surface area contributed by atoms with Gasteiger partial charge in [-0.2, -0.15) is 0 Å². The zero-order valence-corrected chi connectivity index (χ0v) is 13.9. The molecule has 2 rings (SSSR count). The predicted molar refractivity (Wildman–Crippen MR) is 82.2 cm³/mol. The van der Waals surface area contributed by atoms with Gasteiger partial charge in [-0.05, 0) is 59.8 Å². The van der Waals surface area contributed by atoms with Gasteiger partial charge in [-0.3, -0.25) is 4.79 Å². The Balaban J connectivity index is 2.07. The lowest BCUT2D eigenvalue weighted by molar-refractivity contribution is 0.0520. The van der Waals surface area contributed by atoms with E-state index < -0.39 is 0 Å². The van der Waals surface area contributed by atoms with Gasteiger partial charge in [0.25, 0.3) is 5.91 Å². The van der Waals surface area contributed by atoms with Crippen molar-refractivity contribution in [1.29, 1.82) is 0 Å². The number of hydrogen-bond donors (Lipinski definition) is 1. The number of halogens is 2. The summed E-state index contributed by atoms with van der Waals surface area (Å²) in [4.78, 5) is 14.3. The molecule has 1 aromatic rings. The summed E-state index contributed by atoms with van der Waals surface area (Å²) in [5.74, 6) is 0.368. The standard InChI is InChI=1S/C14H17Br2NO2/c1-9(18)10-4-6-17(7-5-10)14(19)12-8-11(15)2-3-13(12)16/h2-3,8-10,18H,4-7H2,1H3. The third-order valence-corrected chi connectivity index (χ3v) is 4.85. The minimum absolute atomic E-state index is 0.0530. The van der Waals surface area contributed by atoms with E-state index in [1.807, 2.05) is 30.0 Å². The van der Waals surface area contributed by atoms with Crippen LogP contribution in [0.3, 0.4) is 0 Å². The zero-order valence-electron chi connectivity index (χ0n) is 10.8. The van der Waals surface area contributed by atoms with Gasteiger partial charge in [0.15, 0.2) is 0 Å². The van der Waals surface area contributed by atoms with Crippen molar-refractivity contribution in [1.82, 2.24) is 4.90 Å². The second-order valence-corrected chi connectivity index (χ2v) is 6.76. The largest absolute Gasteiger partial charge is 0.393 e. The highest BCUT2D eigenvalue weighted by Gasteiger charge is 2.26. The Hall–Kier alpha value is -0.390. The Kier molecular flexibility index (Phi) is 5.03. The molecule has 0 bridgehead atoms. The van der Waals surface area contributed by atoms with Crippen molar-refractivity contribution < 1.29 is 9.90 Å². The maximum atomic E-state index is 12.5. The van der Waals surface area contributed by atoms with Crippen molar-refractivity contribution >= 4 is 37.8 Å². The van der Waals surface area contributed by atoms with E-state index >= 15 is 0 Å².